The van der Waals surface area contributed by atoms with Gasteiger partial charge in [-0.05, 0) is 103 Å². The molecule has 1 fully saturated rings. The number of esters is 4. The molecule has 62 heavy (non-hydrogen) atoms. The van der Waals surface area contributed by atoms with Crippen LogP contribution in [0.5, 0.6) is 46.0 Å². The van der Waals surface area contributed by atoms with E-state index in [1.165, 1.54) is 83.0 Å². The number of carbonyl (C=O) groups excluding carboxylic acids is 4. The molecule has 6 aromatic carbocycles. The Morgan fingerprint density at radius 1 is 0.484 bits per heavy atom. The lowest BCUT2D eigenvalue weighted by Crippen LogP contribution is -2.12. The van der Waals surface area contributed by atoms with E-state index < -0.39 is 30.0 Å². The second kappa shape index (κ2) is 18.7. The largest absolute Gasteiger partial charge is 0.492 e. The number of ether oxygens (including phenoxy) is 9. The maximum absolute atomic E-state index is 13.1. The zero-order chi connectivity index (χ0) is 43.9. The van der Waals surface area contributed by atoms with Crippen molar-refractivity contribution in [2.24, 2.45) is 0 Å². The van der Waals surface area contributed by atoms with Gasteiger partial charge in [0.15, 0.2) is 23.0 Å². The van der Waals surface area contributed by atoms with Crippen molar-refractivity contribution in [3.05, 3.63) is 155 Å². The summed E-state index contributed by atoms with van der Waals surface area (Å²) >= 11 is 0. The summed E-state index contributed by atoms with van der Waals surface area (Å²) in [6.45, 7) is 2.13. The van der Waals surface area contributed by atoms with E-state index in [1.54, 1.807) is 73.7 Å². The molecule has 0 aromatic heterocycles. The molecule has 6 aromatic rings. The first-order valence-electron chi connectivity index (χ1n) is 19.1. The summed E-state index contributed by atoms with van der Waals surface area (Å²) in [5.41, 5.74) is 3.59. The first kappa shape index (κ1) is 42.4. The molecule has 0 bridgehead atoms. The summed E-state index contributed by atoms with van der Waals surface area (Å²) < 4.78 is 49.3. The van der Waals surface area contributed by atoms with E-state index in [0.29, 0.717) is 29.4 Å². The Hall–Kier alpha value is -7.68. The highest BCUT2D eigenvalue weighted by molar-refractivity contribution is 5.97. The lowest BCUT2D eigenvalue weighted by Gasteiger charge is -2.17. The number of benzene rings is 6. The maximum Gasteiger partial charge on any atom is 0.347 e. The third-order valence-corrected chi connectivity index (χ3v) is 9.74. The van der Waals surface area contributed by atoms with E-state index in [9.17, 15) is 24.3 Å². The minimum Gasteiger partial charge on any atom is -0.492 e. The van der Waals surface area contributed by atoms with Gasteiger partial charge in [-0.15, -0.1) is 0 Å². The van der Waals surface area contributed by atoms with E-state index in [0.717, 1.165) is 16.7 Å². The van der Waals surface area contributed by atoms with E-state index in [2.05, 4.69) is 0 Å². The number of aliphatic hydroxyl groups excluding tert-OH is 1. The number of hydrogen-bond donors (Lipinski definition) is 1. The second-order valence-electron chi connectivity index (χ2n) is 13.7. The van der Waals surface area contributed by atoms with Gasteiger partial charge in [-0.3, -0.25) is 0 Å². The minimum absolute atomic E-state index is 0.0914. The van der Waals surface area contributed by atoms with Crippen LogP contribution >= 0.6 is 0 Å². The Labute approximate surface area is 356 Å². The molecule has 0 saturated carbocycles. The summed E-state index contributed by atoms with van der Waals surface area (Å²) in [4.78, 5) is 51.9. The molecule has 1 aliphatic rings. The van der Waals surface area contributed by atoms with Gasteiger partial charge in [0.1, 0.15) is 40.2 Å². The molecular weight excluding hydrogens is 801 g/mol. The Morgan fingerprint density at radius 2 is 0.839 bits per heavy atom. The molecule has 2 atom stereocenters. The van der Waals surface area contributed by atoms with E-state index in [4.69, 9.17) is 42.6 Å². The highest BCUT2D eigenvalue weighted by atomic mass is 16.6. The van der Waals surface area contributed by atoms with Gasteiger partial charge in [-0.25, -0.2) is 19.2 Å². The summed E-state index contributed by atoms with van der Waals surface area (Å²) in [5.74, 6) is -0.627. The van der Waals surface area contributed by atoms with Gasteiger partial charge in [0.25, 0.3) is 0 Å². The number of hydrogen-bond acceptors (Lipinski definition) is 14. The van der Waals surface area contributed by atoms with Crippen LogP contribution in [0.4, 0.5) is 0 Å². The van der Waals surface area contributed by atoms with Gasteiger partial charge in [-0.1, -0.05) is 36.4 Å². The van der Waals surface area contributed by atoms with E-state index in [-0.39, 0.29) is 57.1 Å². The maximum atomic E-state index is 13.1. The summed E-state index contributed by atoms with van der Waals surface area (Å²) in [7, 11) is 5.71. The van der Waals surface area contributed by atoms with Crippen LogP contribution in [0.1, 0.15) is 71.7 Å². The van der Waals surface area contributed by atoms with Crippen molar-refractivity contribution in [1.29, 1.82) is 0 Å². The van der Waals surface area contributed by atoms with Crippen molar-refractivity contribution in [3.8, 4) is 57.1 Å². The van der Waals surface area contributed by atoms with Crippen LogP contribution < -0.4 is 37.9 Å². The number of aliphatic hydroxyl groups is 1. The van der Waals surface area contributed by atoms with Crippen molar-refractivity contribution in [3.63, 3.8) is 0 Å². The predicted molar refractivity (Wildman–Crippen MR) is 223 cm³/mol. The van der Waals surface area contributed by atoms with Crippen LogP contribution in [0, 0.1) is 0 Å². The van der Waals surface area contributed by atoms with Crippen molar-refractivity contribution in [1.82, 2.24) is 0 Å². The van der Waals surface area contributed by atoms with E-state index in [1.807, 2.05) is 0 Å². The van der Waals surface area contributed by atoms with Gasteiger partial charge in [0.05, 0.1) is 52.3 Å². The van der Waals surface area contributed by atoms with Crippen molar-refractivity contribution < 1.29 is 66.9 Å². The Balaban J connectivity index is 0.907. The van der Waals surface area contributed by atoms with Crippen LogP contribution in [-0.2, 0) is 4.74 Å². The zero-order valence-electron chi connectivity index (χ0n) is 34.2. The monoisotopic (exact) mass is 840 g/mol. The lowest BCUT2D eigenvalue weighted by molar-refractivity contribution is 0.0717. The Morgan fingerprint density at radius 3 is 1.21 bits per heavy atom. The first-order chi connectivity index (χ1) is 30.0. The van der Waals surface area contributed by atoms with Gasteiger partial charge >= 0.3 is 23.9 Å². The molecule has 14 nitrogen and oxygen atoms in total. The predicted octanol–water partition coefficient (Wildman–Crippen LogP) is 8.39. The topological polar surface area (TPSA) is 175 Å². The fraction of sp³-hybridized carbons (Fsp3) is 0.167. The second-order valence-corrected chi connectivity index (χ2v) is 13.7. The smallest absolute Gasteiger partial charge is 0.347 e. The molecule has 1 heterocycles. The quantitative estimate of drug-likeness (QED) is 0.0593. The van der Waals surface area contributed by atoms with Crippen LogP contribution in [-0.4, -0.2) is 64.0 Å². The van der Waals surface area contributed by atoms with Crippen LogP contribution in [0.25, 0.3) is 11.1 Å². The SMILES string of the molecule is COc1c(C(=O)Oc2ccc(C(=O)Oc3ccc(-c4ccc(OC(=O)c5ccc(OC(=O)c6ccc(C7CO7)c(OC)c6OC)cc5)cc4)cc3)cc2)ccc(C(C)O)c1OC. The molecule has 0 amide bonds. The van der Waals surface area contributed by atoms with E-state index >= 15 is 0 Å². The average molecular weight is 841 g/mol. The first-order valence-corrected chi connectivity index (χ1v) is 19.1. The summed E-state index contributed by atoms with van der Waals surface area (Å²) in [6, 6.07) is 31.9. The summed E-state index contributed by atoms with van der Waals surface area (Å²) in [5, 5.41) is 10.1. The van der Waals surface area contributed by atoms with Crippen molar-refractivity contribution >= 4 is 23.9 Å². The lowest BCUT2D eigenvalue weighted by atomic mass is 10.0. The third kappa shape index (κ3) is 9.36. The molecule has 1 saturated heterocycles. The standard InChI is InChI=1S/C48H40O14/c1-27(49)36-22-24-38(43(56-4)41(36)54-2)47(52)61-34-18-10-30(11-19-34)45(50)59-32-14-6-28(7-15-32)29-8-16-33(17-9-29)60-46(51)31-12-20-35(21-13-31)62-48(53)39-25-23-37(40-26-58-40)42(55-3)44(39)57-5/h6-25,27,40,49H,26H2,1-5H3. The molecule has 14 heteroatoms. The van der Waals surface area contributed by atoms with Crippen LogP contribution in [0.2, 0.25) is 0 Å². The Kier molecular flexibility index (Phi) is 12.8. The van der Waals surface area contributed by atoms with Crippen molar-refractivity contribution in [2.75, 3.05) is 35.0 Å². The molecular formula is C48H40O14. The third-order valence-electron chi connectivity index (χ3n) is 9.74. The molecule has 7 rings (SSSR count). The highest BCUT2D eigenvalue weighted by Crippen LogP contribution is 2.44. The molecule has 0 radical (unpaired) electrons. The van der Waals surface area contributed by atoms with Gasteiger partial charge in [0.2, 0.25) is 0 Å². The van der Waals surface area contributed by atoms with Crippen molar-refractivity contribution in [2.45, 2.75) is 19.1 Å². The number of epoxide rings is 1. The van der Waals surface area contributed by atoms with Gasteiger partial charge in [0, 0.05) is 11.1 Å². The van der Waals surface area contributed by atoms with Gasteiger partial charge in [-0.2, -0.15) is 0 Å². The molecule has 1 aliphatic heterocycles. The molecule has 0 aliphatic carbocycles. The normalized spacial score (nSPS) is 13.2. The number of methoxy groups -OCH3 is 4. The van der Waals surface area contributed by atoms with Crippen LogP contribution in [0.3, 0.4) is 0 Å². The molecule has 2 unspecified atom stereocenters. The zero-order valence-corrected chi connectivity index (χ0v) is 34.2. The van der Waals surface area contributed by atoms with Gasteiger partial charge < -0.3 is 47.7 Å². The average Bonchev–Trinajstić information content (AvgIpc) is 4.14. The molecule has 1 N–H and O–H groups in total. The minimum atomic E-state index is -0.855. The fourth-order valence-electron chi connectivity index (χ4n) is 6.52. The number of carbonyl (C=O) groups is 4. The fourth-order valence-corrected chi connectivity index (χ4v) is 6.52. The number of rotatable bonds is 15. The summed E-state index contributed by atoms with van der Waals surface area (Å²) in [6.07, 6.45) is -0.963. The molecule has 0 spiro atoms. The van der Waals surface area contributed by atoms with Crippen LogP contribution in [0.15, 0.2) is 121 Å². The Bertz CT molecular complexity index is 2420. The molecule has 316 valence electrons. The highest BCUT2D eigenvalue weighted by Gasteiger charge is 2.32.